The highest BCUT2D eigenvalue weighted by Crippen LogP contribution is 2.30. The zero-order chi connectivity index (χ0) is 19.3. The van der Waals surface area contributed by atoms with Gasteiger partial charge in [-0.15, -0.1) is 0 Å². The number of nitrogens with zero attached hydrogens (tertiary/aromatic N) is 2. The summed E-state index contributed by atoms with van der Waals surface area (Å²) < 4.78 is 31.9. The number of methoxy groups -OCH3 is 1. The summed E-state index contributed by atoms with van der Waals surface area (Å²) in [5, 5.41) is 20.1. The summed E-state index contributed by atoms with van der Waals surface area (Å²) in [5.41, 5.74) is -0.411. The van der Waals surface area contributed by atoms with Gasteiger partial charge in [-0.2, -0.15) is 0 Å². The predicted octanol–water partition coefficient (Wildman–Crippen LogP) is 2.27. The lowest BCUT2D eigenvalue weighted by Crippen LogP contribution is -2.33. The second-order valence-electron chi connectivity index (χ2n) is 5.14. The van der Waals surface area contributed by atoms with Gasteiger partial charge in [0, 0.05) is 12.6 Å². The minimum atomic E-state index is -4.36. The van der Waals surface area contributed by atoms with Crippen molar-refractivity contribution < 1.29 is 28.0 Å². The van der Waals surface area contributed by atoms with Crippen LogP contribution in [0.5, 0.6) is 5.75 Å². The van der Waals surface area contributed by atoms with Gasteiger partial charge < -0.3 is 9.84 Å². The first-order valence-electron chi connectivity index (χ1n) is 7.39. The van der Waals surface area contributed by atoms with E-state index in [4.69, 9.17) is 9.84 Å². The third kappa shape index (κ3) is 4.09. The number of carboxylic acid groups (broad SMARTS) is 1. The Hall–Kier alpha value is -3.14. The average Bonchev–Trinajstić information content (AvgIpc) is 2.62. The lowest BCUT2D eigenvalue weighted by atomic mass is 10.3. The number of rotatable bonds is 8. The predicted molar refractivity (Wildman–Crippen MR) is 92.9 cm³/mol. The molecule has 2 aromatic rings. The number of hydrogen-bond donors (Lipinski definition) is 1. The molecule has 9 nitrogen and oxygen atoms in total. The van der Waals surface area contributed by atoms with Crippen LogP contribution in [0.25, 0.3) is 0 Å². The maximum Gasteiger partial charge on any atom is 0.305 e. The molecule has 0 bridgehead atoms. The van der Waals surface area contributed by atoms with Crippen LogP contribution in [0.3, 0.4) is 0 Å². The number of para-hydroxylation sites is 1. The minimum absolute atomic E-state index is 0.171. The highest BCUT2D eigenvalue weighted by atomic mass is 32.2. The molecular weight excluding hydrogens is 364 g/mol. The van der Waals surface area contributed by atoms with E-state index in [9.17, 15) is 23.3 Å². The maximum atomic E-state index is 13.0. The Morgan fingerprint density at radius 2 is 1.81 bits per heavy atom. The van der Waals surface area contributed by atoms with Crippen molar-refractivity contribution in [2.24, 2.45) is 0 Å². The van der Waals surface area contributed by atoms with E-state index in [1.807, 2.05) is 0 Å². The monoisotopic (exact) mass is 380 g/mol. The number of aliphatic carboxylic acids is 1. The summed E-state index contributed by atoms with van der Waals surface area (Å²) in [6, 6.07) is 10.8. The van der Waals surface area contributed by atoms with E-state index >= 15 is 0 Å². The smallest absolute Gasteiger partial charge is 0.305 e. The van der Waals surface area contributed by atoms with E-state index in [1.165, 1.54) is 43.5 Å². The molecule has 0 saturated heterocycles. The maximum absolute atomic E-state index is 13.0. The summed E-state index contributed by atoms with van der Waals surface area (Å²) in [5.74, 6) is -0.712. The zero-order valence-electron chi connectivity index (χ0n) is 13.7. The van der Waals surface area contributed by atoms with Gasteiger partial charge in [0.1, 0.15) is 5.75 Å². The Bertz CT molecular complexity index is 910. The Balaban J connectivity index is 2.56. The highest BCUT2D eigenvalue weighted by Gasteiger charge is 2.32. The fourth-order valence-corrected chi connectivity index (χ4v) is 3.90. The zero-order valence-corrected chi connectivity index (χ0v) is 14.5. The fourth-order valence-electron chi connectivity index (χ4n) is 2.28. The Labute approximate surface area is 149 Å². The molecule has 0 fully saturated rings. The van der Waals surface area contributed by atoms with Gasteiger partial charge in [-0.3, -0.25) is 19.2 Å². The number of hydrogen-bond acceptors (Lipinski definition) is 6. The number of benzene rings is 2. The number of ether oxygens (including phenoxy) is 1. The first-order valence-corrected chi connectivity index (χ1v) is 8.83. The molecule has 0 aromatic heterocycles. The molecule has 1 N–H and O–H groups in total. The standard InChI is InChI=1S/C16H16N2O7S/c1-25-13-8-6-12(7-9-13)17(11-10-16(19)20)26(23,24)15-5-3-2-4-14(15)18(21)22/h2-9H,10-11H2,1H3,(H,19,20). The van der Waals surface area contributed by atoms with E-state index in [-0.39, 0.29) is 12.2 Å². The van der Waals surface area contributed by atoms with Crippen LogP contribution >= 0.6 is 0 Å². The molecule has 0 heterocycles. The molecule has 0 spiro atoms. The minimum Gasteiger partial charge on any atom is -0.497 e. The number of sulfonamides is 1. The van der Waals surface area contributed by atoms with Gasteiger partial charge in [0.15, 0.2) is 4.90 Å². The van der Waals surface area contributed by atoms with E-state index in [0.29, 0.717) is 5.75 Å². The second-order valence-corrected chi connectivity index (χ2v) is 6.97. The first kappa shape index (κ1) is 19.2. The van der Waals surface area contributed by atoms with Crippen LogP contribution in [0.2, 0.25) is 0 Å². The Kier molecular flexibility index (Phi) is 5.78. The third-order valence-electron chi connectivity index (χ3n) is 3.52. The van der Waals surface area contributed by atoms with Gasteiger partial charge in [-0.05, 0) is 30.3 Å². The van der Waals surface area contributed by atoms with Gasteiger partial charge in [0.05, 0.1) is 24.1 Å². The summed E-state index contributed by atoms with van der Waals surface area (Å²) >= 11 is 0. The van der Waals surface area contributed by atoms with Crippen molar-refractivity contribution in [1.29, 1.82) is 0 Å². The number of nitro benzene ring substituents is 1. The molecule has 0 saturated carbocycles. The van der Waals surface area contributed by atoms with Gasteiger partial charge >= 0.3 is 5.97 Å². The second kappa shape index (κ2) is 7.83. The Morgan fingerprint density at radius 3 is 2.35 bits per heavy atom. The fraction of sp³-hybridized carbons (Fsp3) is 0.188. The van der Waals surface area contributed by atoms with E-state index in [0.717, 1.165) is 16.4 Å². The molecule has 0 amide bonds. The molecule has 0 atom stereocenters. The van der Waals surface area contributed by atoms with Crippen molar-refractivity contribution in [2.75, 3.05) is 18.0 Å². The quantitative estimate of drug-likeness (QED) is 0.550. The van der Waals surface area contributed by atoms with Crippen molar-refractivity contribution in [3.63, 3.8) is 0 Å². The molecule has 2 rings (SSSR count). The molecule has 138 valence electrons. The van der Waals surface area contributed by atoms with Crippen molar-refractivity contribution in [1.82, 2.24) is 0 Å². The first-order chi connectivity index (χ1) is 12.3. The van der Waals surface area contributed by atoms with E-state index in [2.05, 4.69) is 0 Å². The number of nitro groups is 1. The molecule has 2 aromatic carbocycles. The van der Waals surface area contributed by atoms with Crippen molar-refractivity contribution in [3.8, 4) is 5.75 Å². The lowest BCUT2D eigenvalue weighted by Gasteiger charge is -2.24. The number of anilines is 1. The van der Waals surface area contributed by atoms with Crippen LogP contribution < -0.4 is 9.04 Å². The van der Waals surface area contributed by atoms with E-state index in [1.54, 1.807) is 0 Å². The molecule has 0 aliphatic carbocycles. The van der Waals surface area contributed by atoms with Crippen LogP contribution in [-0.2, 0) is 14.8 Å². The van der Waals surface area contributed by atoms with Crippen LogP contribution in [0.4, 0.5) is 11.4 Å². The Morgan fingerprint density at radius 1 is 1.19 bits per heavy atom. The van der Waals surface area contributed by atoms with Gasteiger partial charge in [0.2, 0.25) is 0 Å². The summed E-state index contributed by atoms with van der Waals surface area (Å²) in [6.45, 7) is -0.379. The van der Waals surface area contributed by atoms with Gasteiger partial charge in [-0.1, -0.05) is 12.1 Å². The number of carbonyl (C=O) groups is 1. The highest BCUT2D eigenvalue weighted by molar-refractivity contribution is 7.93. The summed E-state index contributed by atoms with van der Waals surface area (Å²) in [4.78, 5) is 20.8. The van der Waals surface area contributed by atoms with Gasteiger partial charge in [-0.25, -0.2) is 8.42 Å². The van der Waals surface area contributed by atoms with Crippen molar-refractivity contribution >= 4 is 27.4 Å². The van der Waals surface area contributed by atoms with Crippen LogP contribution in [0, 0.1) is 10.1 Å². The van der Waals surface area contributed by atoms with Crippen molar-refractivity contribution in [2.45, 2.75) is 11.3 Å². The number of carboxylic acids is 1. The molecule has 0 aliphatic heterocycles. The average molecular weight is 380 g/mol. The molecule has 0 aliphatic rings. The molecular formula is C16H16N2O7S. The summed E-state index contributed by atoms with van der Waals surface area (Å²) in [7, 11) is -2.91. The van der Waals surface area contributed by atoms with Crippen molar-refractivity contribution in [3.05, 3.63) is 58.6 Å². The third-order valence-corrected chi connectivity index (χ3v) is 5.39. The largest absolute Gasteiger partial charge is 0.497 e. The lowest BCUT2D eigenvalue weighted by molar-refractivity contribution is -0.387. The SMILES string of the molecule is COc1ccc(N(CCC(=O)O)S(=O)(=O)c2ccccc2[N+](=O)[O-])cc1. The topological polar surface area (TPSA) is 127 Å². The summed E-state index contributed by atoms with van der Waals surface area (Å²) in [6.07, 6.45) is -0.466. The molecule has 0 radical (unpaired) electrons. The molecule has 0 unspecified atom stereocenters. The van der Waals surface area contributed by atoms with E-state index < -0.39 is 37.9 Å². The van der Waals surface area contributed by atoms with Crippen LogP contribution in [-0.4, -0.2) is 38.1 Å². The molecule has 26 heavy (non-hydrogen) atoms. The van der Waals surface area contributed by atoms with Gasteiger partial charge in [0.25, 0.3) is 15.7 Å². The van der Waals surface area contributed by atoms with Crippen LogP contribution in [0.15, 0.2) is 53.4 Å². The molecule has 10 heteroatoms. The van der Waals surface area contributed by atoms with Crippen LogP contribution in [0.1, 0.15) is 6.42 Å². The normalized spacial score (nSPS) is 11.0.